The van der Waals surface area contributed by atoms with Crippen LogP contribution < -0.4 is 26.6 Å². The molecule has 4 heterocycles. The van der Waals surface area contributed by atoms with Gasteiger partial charge in [0, 0.05) is 52.9 Å². The highest BCUT2D eigenvalue weighted by Gasteiger charge is 2.38. The van der Waals surface area contributed by atoms with Gasteiger partial charge in [-0.2, -0.15) is 0 Å². The largest absolute Gasteiger partial charge is 0.367 e. The summed E-state index contributed by atoms with van der Waals surface area (Å²) in [5.41, 5.74) is 6.20. The summed E-state index contributed by atoms with van der Waals surface area (Å²) in [5.74, 6) is -1.90. The standard InChI is InChI=1S/C23H35F2N9O3/c1-32-6-7-33(13-18(32)35)12-14-2-4-34(5-3-14)20-16(25)10-27-11-17(20)30-23(36)19(21(26)31-37)22-28-8-15(24)9-29-22/h10-11,14-15,19,21-22,28-29H,2-9,12-13,26H2,1H3,(H,30,36). The minimum absolute atomic E-state index is 0.00295. The lowest BCUT2D eigenvalue weighted by atomic mass is 9.95. The SMILES string of the molecule is CN1CCN(CC2CCN(c3c(F)cncc3NC(=O)C(C(N)N=O)C3NCC(F)CN3)CC2)CC1=O. The molecule has 3 fully saturated rings. The van der Waals surface area contributed by atoms with Crippen molar-refractivity contribution < 1.29 is 18.4 Å². The lowest BCUT2D eigenvalue weighted by Gasteiger charge is -2.38. The number of nitroso groups, excluding NO2 is 1. The molecule has 5 N–H and O–H groups in total. The topological polar surface area (TPSA) is 148 Å². The van der Waals surface area contributed by atoms with Crippen molar-refractivity contribution in [3.8, 4) is 0 Å². The Morgan fingerprint density at radius 2 is 1.95 bits per heavy atom. The molecule has 3 saturated heterocycles. The summed E-state index contributed by atoms with van der Waals surface area (Å²) < 4.78 is 28.5. The highest BCUT2D eigenvalue weighted by molar-refractivity contribution is 5.96. The quantitative estimate of drug-likeness (QED) is 0.336. The van der Waals surface area contributed by atoms with Gasteiger partial charge in [-0.05, 0) is 18.8 Å². The van der Waals surface area contributed by atoms with E-state index in [0.717, 1.165) is 32.1 Å². The number of pyridine rings is 1. The molecular formula is C23H35F2N9O3. The van der Waals surface area contributed by atoms with E-state index in [1.807, 2.05) is 11.9 Å². The van der Waals surface area contributed by atoms with E-state index in [0.29, 0.717) is 32.1 Å². The lowest BCUT2D eigenvalue weighted by molar-refractivity contribution is -0.134. The molecule has 2 unspecified atom stereocenters. The molecule has 0 saturated carbocycles. The molecule has 3 aliphatic heterocycles. The molecule has 0 bridgehead atoms. The van der Waals surface area contributed by atoms with Crippen LogP contribution in [0, 0.1) is 22.6 Å². The van der Waals surface area contributed by atoms with E-state index >= 15 is 0 Å². The van der Waals surface area contributed by atoms with E-state index in [2.05, 4.69) is 31.0 Å². The van der Waals surface area contributed by atoms with Gasteiger partial charge in [0.25, 0.3) is 0 Å². The normalized spacial score (nSPS) is 25.6. The predicted octanol–water partition coefficient (Wildman–Crippen LogP) is -0.326. The number of likely N-dealkylation sites (N-methyl/N-ethyl adjacent to an activating group) is 1. The molecule has 12 nitrogen and oxygen atoms in total. The Balaban J connectivity index is 1.41. The number of nitrogens with zero attached hydrogens (tertiary/aromatic N) is 5. The molecular weight excluding hydrogens is 488 g/mol. The zero-order valence-electron chi connectivity index (χ0n) is 20.9. The first-order valence-electron chi connectivity index (χ1n) is 12.6. The molecule has 204 valence electrons. The van der Waals surface area contributed by atoms with Crippen molar-refractivity contribution in [2.45, 2.75) is 31.3 Å². The first-order chi connectivity index (χ1) is 17.8. The third-order valence-electron chi connectivity index (χ3n) is 7.38. The van der Waals surface area contributed by atoms with Crippen LogP contribution in [0.5, 0.6) is 0 Å². The molecule has 4 rings (SSSR count). The monoisotopic (exact) mass is 523 g/mol. The van der Waals surface area contributed by atoms with Crippen molar-refractivity contribution in [1.29, 1.82) is 0 Å². The van der Waals surface area contributed by atoms with Gasteiger partial charge in [0.2, 0.25) is 11.8 Å². The summed E-state index contributed by atoms with van der Waals surface area (Å²) >= 11 is 0. The van der Waals surface area contributed by atoms with Crippen molar-refractivity contribution in [2.75, 3.05) is 69.6 Å². The number of piperidine rings is 1. The van der Waals surface area contributed by atoms with E-state index in [4.69, 9.17) is 5.73 Å². The number of amides is 2. The fourth-order valence-corrected chi connectivity index (χ4v) is 5.20. The van der Waals surface area contributed by atoms with E-state index in [1.54, 1.807) is 4.90 Å². The zero-order valence-corrected chi connectivity index (χ0v) is 20.9. The second kappa shape index (κ2) is 12.2. The molecule has 0 radical (unpaired) electrons. The van der Waals surface area contributed by atoms with Crippen LogP contribution in [0.15, 0.2) is 17.6 Å². The Morgan fingerprint density at radius 1 is 1.24 bits per heavy atom. The van der Waals surface area contributed by atoms with Crippen molar-refractivity contribution in [3.63, 3.8) is 0 Å². The van der Waals surface area contributed by atoms with Crippen LogP contribution in [0.3, 0.4) is 0 Å². The Labute approximate surface area is 214 Å². The Hall–Kier alpha value is -2.81. The number of anilines is 2. The molecule has 3 aliphatic rings. The van der Waals surface area contributed by atoms with E-state index in [9.17, 15) is 23.3 Å². The van der Waals surface area contributed by atoms with E-state index in [1.165, 1.54) is 6.20 Å². The van der Waals surface area contributed by atoms with Gasteiger partial charge in [0.05, 0.1) is 30.8 Å². The van der Waals surface area contributed by atoms with E-state index < -0.39 is 36.1 Å². The number of carbonyl (C=O) groups excluding carboxylic acids is 2. The molecule has 2 atom stereocenters. The number of rotatable bonds is 8. The molecule has 0 aliphatic carbocycles. The first-order valence-corrected chi connectivity index (χ1v) is 12.6. The predicted molar refractivity (Wildman–Crippen MR) is 134 cm³/mol. The van der Waals surface area contributed by atoms with Crippen LogP contribution in [0.25, 0.3) is 0 Å². The first kappa shape index (κ1) is 27.2. The molecule has 2 amide bonds. The molecule has 14 heteroatoms. The molecule has 0 spiro atoms. The minimum Gasteiger partial charge on any atom is -0.367 e. The van der Waals surface area contributed by atoms with Gasteiger partial charge in [-0.15, -0.1) is 4.91 Å². The zero-order chi connectivity index (χ0) is 26.5. The Bertz CT molecular complexity index is 971. The fourth-order valence-electron chi connectivity index (χ4n) is 5.20. The van der Waals surface area contributed by atoms with Gasteiger partial charge in [-0.3, -0.25) is 30.1 Å². The van der Waals surface area contributed by atoms with Crippen LogP contribution in [-0.4, -0.2) is 105 Å². The number of nitrogens with two attached hydrogens (primary N) is 1. The number of alkyl halides is 1. The highest BCUT2D eigenvalue weighted by Crippen LogP contribution is 2.33. The second-order valence-electron chi connectivity index (χ2n) is 10.0. The summed E-state index contributed by atoms with van der Waals surface area (Å²) in [6, 6.07) is 0. The van der Waals surface area contributed by atoms with Gasteiger partial charge in [0.1, 0.15) is 17.8 Å². The summed E-state index contributed by atoms with van der Waals surface area (Å²) in [6.45, 7) is 3.92. The Morgan fingerprint density at radius 3 is 2.59 bits per heavy atom. The lowest BCUT2D eigenvalue weighted by Crippen LogP contribution is -2.62. The van der Waals surface area contributed by atoms with Crippen LogP contribution in [0.2, 0.25) is 0 Å². The fraction of sp³-hybridized carbons (Fsp3) is 0.696. The number of nitrogens with one attached hydrogen (secondary N) is 3. The van der Waals surface area contributed by atoms with Gasteiger partial charge in [-0.1, -0.05) is 5.18 Å². The maximum atomic E-state index is 15.0. The van der Waals surface area contributed by atoms with Crippen LogP contribution in [0.4, 0.5) is 20.2 Å². The van der Waals surface area contributed by atoms with Gasteiger partial charge in [-0.25, -0.2) is 8.78 Å². The number of aromatic nitrogens is 1. The van der Waals surface area contributed by atoms with Crippen molar-refractivity contribution in [2.24, 2.45) is 22.7 Å². The van der Waals surface area contributed by atoms with Crippen LogP contribution in [-0.2, 0) is 9.59 Å². The molecule has 37 heavy (non-hydrogen) atoms. The number of halogens is 2. The van der Waals surface area contributed by atoms with Crippen molar-refractivity contribution >= 4 is 23.2 Å². The number of hydrogen-bond donors (Lipinski definition) is 4. The number of carbonyl (C=O) groups is 2. The van der Waals surface area contributed by atoms with Crippen molar-refractivity contribution in [3.05, 3.63) is 23.1 Å². The summed E-state index contributed by atoms with van der Waals surface area (Å²) in [6.07, 6.45) is 0.740. The maximum absolute atomic E-state index is 15.0. The second-order valence-corrected chi connectivity index (χ2v) is 10.0. The van der Waals surface area contributed by atoms with Gasteiger partial charge in [0.15, 0.2) is 12.0 Å². The summed E-state index contributed by atoms with van der Waals surface area (Å²) in [5, 5.41) is 11.1. The smallest absolute Gasteiger partial charge is 0.236 e. The summed E-state index contributed by atoms with van der Waals surface area (Å²) in [4.78, 5) is 46.1. The number of piperazine rings is 1. The third kappa shape index (κ3) is 6.55. The third-order valence-corrected chi connectivity index (χ3v) is 7.38. The molecule has 1 aromatic rings. The molecule has 0 aromatic carbocycles. The minimum atomic E-state index is -1.40. The average molecular weight is 524 g/mol. The average Bonchev–Trinajstić information content (AvgIpc) is 2.88. The summed E-state index contributed by atoms with van der Waals surface area (Å²) in [7, 11) is 1.81. The Kier molecular flexibility index (Phi) is 8.95. The highest BCUT2D eigenvalue weighted by atomic mass is 19.1. The van der Waals surface area contributed by atoms with E-state index in [-0.39, 0.29) is 30.4 Å². The molecule has 1 aromatic heterocycles. The van der Waals surface area contributed by atoms with Crippen LogP contribution in [0.1, 0.15) is 12.8 Å². The van der Waals surface area contributed by atoms with Crippen molar-refractivity contribution in [1.82, 2.24) is 25.4 Å². The van der Waals surface area contributed by atoms with Crippen LogP contribution >= 0.6 is 0 Å². The maximum Gasteiger partial charge on any atom is 0.236 e. The van der Waals surface area contributed by atoms with Gasteiger partial charge < -0.3 is 20.9 Å². The van der Waals surface area contributed by atoms with Gasteiger partial charge >= 0.3 is 0 Å². The number of hydrogen-bond acceptors (Lipinski definition) is 10.